The van der Waals surface area contributed by atoms with Crippen LogP contribution in [0.1, 0.15) is 9.67 Å². The molecule has 2 aromatic heterocycles. The van der Waals surface area contributed by atoms with Gasteiger partial charge in [-0.25, -0.2) is 9.18 Å². The average molecular weight is 288 g/mol. The van der Waals surface area contributed by atoms with E-state index in [1.807, 2.05) is 28.8 Å². The normalized spacial score (nSPS) is 10.7. The fraction of sp³-hybridized carbons (Fsp3) is 0.0667. The Morgan fingerprint density at radius 1 is 1.20 bits per heavy atom. The highest BCUT2D eigenvalue weighted by Crippen LogP contribution is 2.27. The van der Waals surface area contributed by atoms with Crippen molar-refractivity contribution in [3.05, 3.63) is 59.4 Å². The Balaban J connectivity index is 2.31. The summed E-state index contributed by atoms with van der Waals surface area (Å²) in [4.78, 5) is 13.4. The lowest BCUT2D eigenvalue weighted by Crippen LogP contribution is -2.21. The van der Waals surface area contributed by atoms with E-state index in [1.165, 1.54) is 30.6 Å². The molecule has 5 heteroatoms. The average Bonchev–Trinajstić information content (AvgIpc) is 2.87. The molecule has 0 saturated carbocycles. The predicted octanol–water partition coefficient (Wildman–Crippen LogP) is 3.08. The van der Waals surface area contributed by atoms with Crippen LogP contribution in [0, 0.1) is 5.82 Å². The second-order valence-corrected chi connectivity index (χ2v) is 5.22. The van der Waals surface area contributed by atoms with Gasteiger partial charge in [0.1, 0.15) is 5.82 Å². The van der Waals surface area contributed by atoms with Crippen LogP contribution in [-0.4, -0.2) is 13.1 Å². The molecule has 1 aromatic carbocycles. The van der Waals surface area contributed by atoms with Gasteiger partial charge in [-0.15, -0.1) is 4.40 Å². The van der Waals surface area contributed by atoms with Crippen molar-refractivity contribution in [2.24, 2.45) is 0 Å². The number of carbonyl (C=O) groups excluding carboxylic acids is 1. The number of pyridine rings is 1. The third kappa shape index (κ3) is 2.06. The molecule has 0 spiro atoms. The summed E-state index contributed by atoms with van der Waals surface area (Å²) in [5, 5.41) is 0. The summed E-state index contributed by atoms with van der Waals surface area (Å²) >= 11 is 1.35. The molecule has 0 atom stereocenters. The van der Waals surface area contributed by atoms with Crippen LogP contribution in [0.5, 0.6) is 0 Å². The first-order chi connectivity index (χ1) is 9.70. The lowest BCUT2D eigenvalue weighted by Gasteiger charge is -1.98. The van der Waals surface area contributed by atoms with E-state index in [0.29, 0.717) is 4.88 Å². The van der Waals surface area contributed by atoms with Crippen molar-refractivity contribution >= 4 is 22.1 Å². The number of rotatable bonds is 2. The molecule has 0 saturated heterocycles. The van der Waals surface area contributed by atoms with Crippen molar-refractivity contribution in [3.63, 3.8) is 0 Å². The molecule has 0 amide bonds. The Labute approximate surface area is 118 Å². The van der Waals surface area contributed by atoms with E-state index in [0.717, 1.165) is 16.1 Å². The molecule has 3 aromatic rings. The molecule has 100 valence electrons. The van der Waals surface area contributed by atoms with Gasteiger partial charge in [0.15, 0.2) is 11.1 Å². The van der Waals surface area contributed by atoms with E-state index in [9.17, 15) is 9.18 Å². The van der Waals surface area contributed by atoms with Gasteiger partial charge in [0, 0.05) is 17.7 Å². The third-order valence-electron chi connectivity index (χ3n) is 2.97. The van der Waals surface area contributed by atoms with Gasteiger partial charge in [-0.3, -0.25) is 0 Å². The topological polar surface area (TPSA) is 30.4 Å². The van der Waals surface area contributed by atoms with Gasteiger partial charge in [0.2, 0.25) is 5.69 Å². The smallest absolute Gasteiger partial charge is 0.355 e. The number of nitrogens with zero attached hydrogens (tertiary/aromatic N) is 1. The van der Waals surface area contributed by atoms with E-state index >= 15 is 0 Å². The molecule has 0 bridgehead atoms. The molecular formula is C15H11FNO2S+. The molecule has 0 aliphatic rings. The van der Waals surface area contributed by atoms with Crippen LogP contribution < -0.4 is 4.40 Å². The molecule has 3 nitrogen and oxygen atoms in total. The van der Waals surface area contributed by atoms with E-state index in [4.69, 9.17) is 4.74 Å². The molecule has 2 heterocycles. The minimum atomic E-state index is -0.391. The van der Waals surface area contributed by atoms with Crippen LogP contribution in [-0.2, 0) is 4.74 Å². The number of fused-ring (bicyclic) bond motifs is 1. The summed E-state index contributed by atoms with van der Waals surface area (Å²) in [6.07, 6.45) is 1.87. The lowest BCUT2D eigenvalue weighted by atomic mass is 10.1. The monoisotopic (exact) mass is 288 g/mol. The van der Waals surface area contributed by atoms with Crippen LogP contribution in [0.15, 0.2) is 48.7 Å². The fourth-order valence-electron chi connectivity index (χ4n) is 2.07. The zero-order valence-corrected chi connectivity index (χ0v) is 11.5. The number of aromatic nitrogens is 1. The second-order valence-electron chi connectivity index (χ2n) is 4.19. The van der Waals surface area contributed by atoms with Gasteiger partial charge in [0.25, 0.3) is 4.83 Å². The number of thiazole rings is 1. The summed E-state index contributed by atoms with van der Waals surface area (Å²) in [6.45, 7) is 0. The third-order valence-corrected chi connectivity index (χ3v) is 4.08. The molecule has 20 heavy (non-hydrogen) atoms. The van der Waals surface area contributed by atoms with Gasteiger partial charge >= 0.3 is 5.97 Å². The van der Waals surface area contributed by atoms with Crippen molar-refractivity contribution < 1.29 is 18.3 Å². The SMILES string of the molecule is COC(=O)c1sc2cccc[n+]2c1-c1ccc(F)cc1. The zero-order valence-electron chi connectivity index (χ0n) is 10.7. The van der Waals surface area contributed by atoms with E-state index in [1.54, 1.807) is 12.1 Å². The van der Waals surface area contributed by atoms with Crippen LogP contribution >= 0.6 is 11.3 Å². The Morgan fingerprint density at radius 3 is 2.65 bits per heavy atom. The summed E-state index contributed by atoms with van der Waals surface area (Å²) in [5.74, 6) is -0.698. The summed E-state index contributed by atoms with van der Waals surface area (Å²) in [5.41, 5.74) is 1.49. The van der Waals surface area contributed by atoms with Gasteiger partial charge < -0.3 is 4.74 Å². The summed E-state index contributed by atoms with van der Waals surface area (Å²) in [6, 6.07) is 11.8. The number of methoxy groups -OCH3 is 1. The van der Waals surface area contributed by atoms with Crippen LogP contribution in [0.4, 0.5) is 4.39 Å². The van der Waals surface area contributed by atoms with Crippen LogP contribution in [0.2, 0.25) is 0 Å². The number of hydrogen-bond donors (Lipinski definition) is 0. The van der Waals surface area contributed by atoms with E-state index < -0.39 is 5.97 Å². The van der Waals surface area contributed by atoms with Crippen LogP contribution in [0.25, 0.3) is 16.1 Å². The second kappa shape index (κ2) is 5.02. The molecular weight excluding hydrogens is 277 g/mol. The molecule has 0 unspecified atom stereocenters. The molecule has 3 rings (SSSR count). The molecule has 0 N–H and O–H groups in total. The number of carbonyl (C=O) groups is 1. The summed E-state index contributed by atoms with van der Waals surface area (Å²) in [7, 11) is 1.35. The first kappa shape index (κ1) is 12.7. The summed E-state index contributed by atoms with van der Waals surface area (Å²) < 4.78 is 19.8. The maximum Gasteiger partial charge on any atom is 0.355 e. The number of benzene rings is 1. The first-order valence-electron chi connectivity index (χ1n) is 5.98. The van der Waals surface area contributed by atoms with E-state index in [2.05, 4.69) is 0 Å². The molecule has 0 aliphatic carbocycles. The maximum atomic E-state index is 13.1. The van der Waals surface area contributed by atoms with E-state index in [-0.39, 0.29) is 5.82 Å². The van der Waals surface area contributed by atoms with Crippen molar-refractivity contribution in [3.8, 4) is 11.3 Å². The van der Waals surface area contributed by atoms with Crippen molar-refractivity contribution in [2.75, 3.05) is 7.11 Å². The number of ether oxygens (including phenoxy) is 1. The van der Waals surface area contributed by atoms with Crippen molar-refractivity contribution in [2.45, 2.75) is 0 Å². The van der Waals surface area contributed by atoms with Crippen LogP contribution in [0.3, 0.4) is 0 Å². The Bertz CT molecular complexity index is 780. The lowest BCUT2D eigenvalue weighted by molar-refractivity contribution is -0.495. The Kier molecular flexibility index (Phi) is 3.20. The largest absolute Gasteiger partial charge is 0.465 e. The number of halogens is 1. The zero-order chi connectivity index (χ0) is 14.1. The predicted molar refractivity (Wildman–Crippen MR) is 74.2 cm³/mol. The van der Waals surface area contributed by atoms with Crippen molar-refractivity contribution in [1.82, 2.24) is 0 Å². The van der Waals surface area contributed by atoms with Gasteiger partial charge in [-0.2, -0.15) is 0 Å². The van der Waals surface area contributed by atoms with Gasteiger partial charge in [0.05, 0.1) is 7.11 Å². The quantitative estimate of drug-likeness (QED) is 0.536. The Hall–Kier alpha value is -2.27. The minimum Gasteiger partial charge on any atom is -0.465 e. The minimum absolute atomic E-state index is 0.307. The standard InChI is InChI=1S/C15H11FNO2S/c1-19-15(18)14-13(10-5-7-11(16)8-6-10)17-9-3-2-4-12(17)20-14/h2-9H,1H3/q+1. The molecule has 0 aliphatic heterocycles. The number of esters is 1. The maximum absolute atomic E-state index is 13.1. The molecule has 0 fully saturated rings. The highest BCUT2D eigenvalue weighted by atomic mass is 32.1. The van der Waals surface area contributed by atoms with Gasteiger partial charge in [-0.1, -0.05) is 11.3 Å². The van der Waals surface area contributed by atoms with Gasteiger partial charge in [-0.05, 0) is 30.3 Å². The highest BCUT2D eigenvalue weighted by molar-refractivity contribution is 7.19. The first-order valence-corrected chi connectivity index (χ1v) is 6.80. The molecule has 0 radical (unpaired) electrons. The fourth-order valence-corrected chi connectivity index (χ4v) is 3.15. The Morgan fingerprint density at radius 2 is 1.95 bits per heavy atom. The number of hydrogen-bond acceptors (Lipinski definition) is 3. The van der Waals surface area contributed by atoms with Crippen molar-refractivity contribution in [1.29, 1.82) is 0 Å². The highest BCUT2D eigenvalue weighted by Gasteiger charge is 2.27.